The Bertz CT molecular complexity index is 567. The van der Waals surface area contributed by atoms with Crippen molar-refractivity contribution in [1.29, 1.82) is 0 Å². The molecule has 0 radical (unpaired) electrons. The van der Waals surface area contributed by atoms with Crippen LogP contribution in [0.4, 0.5) is 8.78 Å². The maximum Gasteiger partial charge on any atom is 0.123 e. The molecule has 24 heavy (non-hydrogen) atoms. The van der Waals surface area contributed by atoms with Crippen LogP contribution < -0.4 is 0 Å². The van der Waals surface area contributed by atoms with Gasteiger partial charge in [-0.05, 0) is 61.3 Å². The van der Waals surface area contributed by atoms with Gasteiger partial charge in [0, 0.05) is 6.54 Å². The predicted octanol–water partition coefficient (Wildman–Crippen LogP) is 4.59. The molecule has 130 valence electrons. The van der Waals surface area contributed by atoms with Crippen LogP contribution in [0.5, 0.6) is 0 Å². The lowest BCUT2D eigenvalue weighted by molar-refractivity contribution is 0.0643. The summed E-state index contributed by atoms with van der Waals surface area (Å²) in [5.74, 6) is -0.549. The first-order valence-electron chi connectivity index (χ1n) is 8.07. The highest BCUT2D eigenvalue weighted by molar-refractivity contribution is 5.85. The molecule has 3 rings (SSSR count). The molecule has 1 saturated heterocycles. The summed E-state index contributed by atoms with van der Waals surface area (Å²) in [7, 11) is 0. The number of hydrogen-bond acceptors (Lipinski definition) is 2. The van der Waals surface area contributed by atoms with Crippen molar-refractivity contribution < 1.29 is 13.5 Å². The molecule has 0 unspecified atom stereocenters. The fraction of sp³-hybridized carbons (Fsp3) is 0.368. The van der Waals surface area contributed by atoms with Crippen molar-refractivity contribution in [2.75, 3.05) is 26.2 Å². The van der Waals surface area contributed by atoms with Crippen molar-refractivity contribution in [3.05, 3.63) is 71.3 Å². The summed E-state index contributed by atoms with van der Waals surface area (Å²) in [4.78, 5) is 2.38. The van der Waals surface area contributed by atoms with E-state index in [9.17, 15) is 8.78 Å². The minimum absolute atomic E-state index is 0. The summed E-state index contributed by atoms with van der Waals surface area (Å²) in [6.07, 6.45) is 2.19. The van der Waals surface area contributed by atoms with Crippen molar-refractivity contribution in [2.24, 2.45) is 0 Å². The van der Waals surface area contributed by atoms with Gasteiger partial charge in [-0.25, -0.2) is 8.78 Å². The first-order chi connectivity index (χ1) is 11.2. The van der Waals surface area contributed by atoms with E-state index in [0.29, 0.717) is 6.61 Å². The Morgan fingerprint density at radius 1 is 0.833 bits per heavy atom. The van der Waals surface area contributed by atoms with Crippen LogP contribution in [0.2, 0.25) is 0 Å². The van der Waals surface area contributed by atoms with Crippen LogP contribution in [-0.4, -0.2) is 31.1 Å². The van der Waals surface area contributed by atoms with E-state index >= 15 is 0 Å². The monoisotopic (exact) mass is 353 g/mol. The lowest BCUT2D eigenvalue weighted by Crippen LogP contribution is -2.25. The molecule has 0 N–H and O–H groups in total. The van der Waals surface area contributed by atoms with E-state index in [1.807, 2.05) is 0 Å². The number of hydrogen-bond donors (Lipinski definition) is 0. The normalized spacial score (nSPS) is 14.8. The fourth-order valence-electron chi connectivity index (χ4n) is 2.97. The molecule has 0 bridgehead atoms. The van der Waals surface area contributed by atoms with Crippen LogP contribution in [0.3, 0.4) is 0 Å². The smallest absolute Gasteiger partial charge is 0.123 e. The summed E-state index contributed by atoms with van der Waals surface area (Å²) in [5.41, 5.74) is 1.75. The molecule has 1 aliphatic rings. The van der Waals surface area contributed by atoms with Crippen molar-refractivity contribution >= 4 is 12.4 Å². The second-order valence-electron chi connectivity index (χ2n) is 5.90. The average molecular weight is 354 g/mol. The van der Waals surface area contributed by atoms with Gasteiger partial charge in [0.25, 0.3) is 0 Å². The summed E-state index contributed by atoms with van der Waals surface area (Å²) < 4.78 is 32.4. The second-order valence-corrected chi connectivity index (χ2v) is 5.90. The minimum atomic E-state index is -0.307. The lowest BCUT2D eigenvalue weighted by atomic mass is 10.0. The Morgan fingerprint density at radius 3 is 1.75 bits per heavy atom. The Labute approximate surface area is 147 Å². The number of nitrogens with zero attached hydrogens (tertiary/aromatic N) is 1. The molecule has 0 saturated carbocycles. The first kappa shape index (κ1) is 18.8. The van der Waals surface area contributed by atoms with Crippen LogP contribution in [0, 0.1) is 11.6 Å². The van der Waals surface area contributed by atoms with Crippen molar-refractivity contribution in [2.45, 2.75) is 18.9 Å². The topological polar surface area (TPSA) is 12.5 Å². The summed E-state index contributed by atoms with van der Waals surface area (Å²) in [6, 6.07) is 12.6. The number of benzene rings is 2. The fourth-order valence-corrected chi connectivity index (χ4v) is 2.97. The van der Waals surface area contributed by atoms with Gasteiger partial charge in [-0.2, -0.15) is 0 Å². The third-order valence-electron chi connectivity index (χ3n) is 4.24. The summed E-state index contributed by atoms with van der Waals surface area (Å²) in [6.45, 7) is 3.74. The van der Waals surface area contributed by atoms with E-state index in [2.05, 4.69) is 4.90 Å². The highest BCUT2D eigenvalue weighted by Crippen LogP contribution is 2.26. The Hall–Kier alpha value is -1.49. The van der Waals surface area contributed by atoms with Crippen LogP contribution in [0.25, 0.3) is 0 Å². The molecule has 0 aliphatic carbocycles. The molecule has 0 spiro atoms. The van der Waals surface area contributed by atoms with Gasteiger partial charge in [-0.1, -0.05) is 24.3 Å². The predicted molar refractivity (Wildman–Crippen MR) is 93.5 cm³/mol. The van der Waals surface area contributed by atoms with E-state index < -0.39 is 0 Å². The average Bonchev–Trinajstić information content (AvgIpc) is 3.07. The number of halogens is 3. The molecule has 0 amide bonds. The van der Waals surface area contributed by atoms with Crippen LogP contribution >= 0.6 is 12.4 Å². The van der Waals surface area contributed by atoms with Gasteiger partial charge in [0.1, 0.15) is 17.7 Å². The zero-order valence-electron chi connectivity index (χ0n) is 13.5. The van der Waals surface area contributed by atoms with Crippen molar-refractivity contribution in [3.8, 4) is 0 Å². The molecule has 1 fully saturated rings. The van der Waals surface area contributed by atoms with Crippen molar-refractivity contribution in [3.63, 3.8) is 0 Å². The molecular weight excluding hydrogens is 332 g/mol. The third kappa shape index (κ3) is 5.00. The SMILES string of the molecule is Cl.Fc1ccc(C(OCCN2CCCC2)c2ccc(F)cc2)cc1. The number of likely N-dealkylation sites (tertiary alicyclic amines) is 1. The first-order valence-corrected chi connectivity index (χ1v) is 8.07. The maximum atomic E-state index is 13.2. The molecular formula is C19H22ClF2NO. The zero-order valence-corrected chi connectivity index (χ0v) is 14.3. The van der Waals surface area contributed by atoms with E-state index in [0.717, 1.165) is 30.8 Å². The summed E-state index contributed by atoms with van der Waals surface area (Å²) >= 11 is 0. The second kappa shape index (κ2) is 9.11. The van der Waals surface area contributed by atoms with Crippen LogP contribution in [-0.2, 0) is 4.74 Å². The molecule has 0 atom stereocenters. The number of rotatable bonds is 6. The molecule has 2 nitrogen and oxygen atoms in total. The van der Waals surface area contributed by atoms with Gasteiger partial charge in [-0.3, -0.25) is 0 Å². The Balaban J connectivity index is 0.00000208. The summed E-state index contributed by atoms with van der Waals surface area (Å²) in [5, 5.41) is 0. The van der Waals surface area contributed by atoms with Crippen LogP contribution in [0.15, 0.2) is 48.5 Å². The number of ether oxygens (including phenoxy) is 1. The third-order valence-corrected chi connectivity index (χ3v) is 4.24. The molecule has 1 heterocycles. The van der Waals surface area contributed by atoms with Crippen LogP contribution in [0.1, 0.15) is 30.1 Å². The quantitative estimate of drug-likeness (QED) is 0.753. The Kier molecular flexibility index (Phi) is 7.16. The minimum Gasteiger partial charge on any atom is -0.367 e. The molecule has 5 heteroatoms. The highest BCUT2D eigenvalue weighted by atomic mass is 35.5. The molecule has 1 aliphatic heterocycles. The van der Waals surface area contributed by atoms with E-state index in [4.69, 9.17) is 4.74 Å². The molecule has 2 aromatic rings. The van der Waals surface area contributed by atoms with Gasteiger partial charge in [0.15, 0.2) is 0 Å². The van der Waals surface area contributed by atoms with E-state index in [1.54, 1.807) is 24.3 Å². The zero-order chi connectivity index (χ0) is 16.1. The maximum absolute atomic E-state index is 13.2. The standard InChI is InChI=1S/C19H21F2NO.ClH/c20-17-7-3-15(4-8-17)19(16-5-9-18(21)10-6-16)23-14-13-22-11-1-2-12-22;/h3-10,19H,1-2,11-14H2;1H. The lowest BCUT2D eigenvalue weighted by Gasteiger charge is -2.21. The highest BCUT2D eigenvalue weighted by Gasteiger charge is 2.17. The van der Waals surface area contributed by atoms with E-state index in [-0.39, 0.29) is 30.1 Å². The van der Waals surface area contributed by atoms with Gasteiger partial charge in [0.2, 0.25) is 0 Å². The Morgan fingerprint density at radius 2 is 1.29 bits per heavy atom. The van der Waals surface area contributed by atoms with Gasteiger partial charge in [-0.15, -0.1) is 12.4 Å². The molecule has 0 aromatic heterocycles. The van der Waals surface area contributed by atoms with Crippen molar-refractivity contribution in [1.82, 2.24) is 4.90 Å². The van der Waals surface area contributed by atoms with Gasteiger partial charge >= 0.3 is 0 Å². The molecule has 2 aromatic carbocycles. The van der Waals surface area contributed by atoms with Gasteiger partial charge < -0.3 is 9.64 Å². The largest absolute Gasteiger partial charge is 0.367 e. The van der Waals surface area contributed by atoms with Gasteiger partial charge in [0.05, 0.1) is 6.61 Å². The van der Waals surface area contributed by atoms with E-state index in [1.165, 1.54) is 37.1 Å².